The molecule has 1 aromatic rings. The smallest absolute Gasteiger partial charge is 0.0537 e. The Hall–Kier alpha value is -0.870. The van der Waals surface area contributed by atoms with Crippen molar-refractivity contribution >= 4 is 0 Å². The molecule has 1 saturated heterocycles. The molecular formula is C12H22N4. The Morgan fingerprint density at radius 1 is 1.62 bits per heavy atom. The monoisotopic (exact) mass is 222 g/mol. The molecule has 1 aliphatic rings. The topological polar surface area (TPSA) is 47.1 Å². The van der Waals surface area contributed by atoms with E-state index < -0.39 is 0 Å². The highest BCUT2D eigenvalue weighted by Crippen LogP contribution is 2.25. The van der Waals surface area contributed by atoms with Gasteiger partial charge >= 0.3 is 0 Å². The van der Waals surface area contributed by atoms with E-state index in [9.17, 15) is 0 Å². The van der Waals surface area contributed by atoms with E-state index in [1.54, 1.807) is 0 Å². The predicted octanol–water partition coefficient (Wildman–Crippen LogP) is 1.15. The van der Waals surface area contributed by atoms with Gasteiger partial charge in [-0.2, -0.15) is 5.10 Å². The van der Waals surface area contributed by atoms with Crippen LogP contribution in [-0.2, 0) is 7.05 Å². The molecule has 4 nitrogen and oxygen atoms in total. The van der Waals surface area contributed by atoms with E-state index in [1.165, 1.54) is 24.9 Å². The predicted molar refractivity (Wildman–Crippen MR) is 65.0 cm³/mol. The summed E-state index contributed by atoms with van der Waals surface area (Å²) in [6.07, 6.45) is 6.63. The van der Waals surface area contributed by atoms with Crippen molar-refractivity contribution in [1.29, 1.82) is 0 Å². The van der Waals surface area contributed by atoms with Gasteiger partial charge in [0.25, 0.3) is 0 Å². The Morgan fingerprint density at radius 3 is 3.06 bits per heavy atom. The number of nitrogens with two attached hydrogens (primary N) is 1. The number of aryl methyl sites for hydroxylation is 1. The highest BCUT2D eigenvalue weighted by atomic mass is 15.2. The summed E-state index contributed by atoms with van der Waals surface area (Å²) in [4.78, 5) is 2.53. The van der Waals surface area contributed by atoms with Crippen LogP contribution >= 0.6 is 0 Å². The van der Waals surface area contributed by atoms with Gasteiger partial charge < -0.3 is 5.73 Å². The summed E-state index contributed by atoms with van der Waals surface area (Å²) in [6.45, 7) is 5.39. The first-order chi connectivity index (χ1) is 7.70. The van der Waals surface area contributed by atoms with Gasteiger partial charge in [-0.1, -0.05) is 0 Å². The molecule has 4 heteroatoms. The lowest BCUT2D eigenvalue weighted by atomic mass is 9.96. The van der Waals surface area contributed by atoms with E-state index in [0.717, 1.165) is 13.1 Å². The fourth-order valence-corrected chi connectivity index (χ4v) is 2.51. The summed E-state index contributed by atoms with van der Waals surface area (Å²) in [5, 5.41) is 4.24. The summed E-state index contributed by atoms with van der Waals surface area (Å²) < 4.78 is 1.87. The molecule has 90 valence electrons. The average molecular weight is 222 g/mol. The Morgan fingerprint density at radius 2 is 2.44 bits per heavy atom. The van der Waals surface area contributed by atoms with Gasteiger partial charge in [-0.05, 0) is 38.8 Å². The third-order valence-electron chi connectivity index (χ3n) is 3.64. The molecular weight excluding hydrogens is 200 g/mol. The lowest BCUT2D eigenvalue weighted by molar-refractivity contribution is 0.134. The number of piperidine rings is 1. The zero-order chi connectivity index (χ0) is 11.5. The molecule has 0 saturated carbocycles. The standard InChI is InChI=1S/C12H22N4/c1-10(12-7-14-15(2)9-12)16-5-3-4-11(6-13)8-16/h7,9-11H,3-6,8,13H2,1-2H3. The van der Waals surface area contributed by atoms with Crippen molar-refractivity contribution in [3.05, 3.63) is 18.0 Å². The summed E-state index contributed by atoms with van der Waals surface area (Å²) in [7, 11) is 1.97. The number of hydrogen-bond donors (Lipinski definition) is 1. The molecule has 1 aliphatic heterocycles. The molecule has 2 N–H and O–H groups in total. The highest BCUT2D eigenvalue weighted by Gasteiger charge is 2.23. The van der Waals surface area contributed by atoms with Crippen LogP contribution in [0.2, 0.25) is 0 Å². The molecule has 0 radical (unpaired) electrons. The van der Waals surface area contributed by atoms with E-state index in [0.29, 0.717) is 12.0 Å². The third kappa shape index (κ3) is 2.44. The summed E-state index contributed by atoms with van der Waals surface area (Å²) in [5.41, 5.74) is 7.07. The maximum absolute atomic E-state index is 5.77. The minimum atomic E-state index is 0.461. The maximum atomic E-state index is 5.77. The molecule has 0 amide bonds. The molecule has 16 heavy (non-hydrogen) atoms. The fraction of sp³-hybridized carbons (Fsp3) is 0.750. The normalized spacial score (nSPS) is 24.6. The van der Waals surface area contributed by atoms with E-state index in [4.69, 9.17) is 5.73 Å². The SMILES string of the molecule is CC(c1cnn(C)c1)N1CCCC(CN)C1. The molecule has 0 aliphatic carbocycles. The highest BCUT2D eigenvalue weighted by molar-refractivity contribution is 5.09. The first kappa shape index (κ1) is 11.6. The van der Waals surface area contributed by atoms with Crippen LogP contribution in [0.5, 0.6) is 0 Å². The van der Waals surface area contributed by atoms with Crippen molar-refractivity contribution < 1.29 is 0 Å². The van der Waals surface area contributed by atoms with Crippen LogP contribution in [0.15, 0.2) is 12.4 Å². The van der Waals surface area contributed by atoms with E-state index >= 15 is 0 Å². The second kappa shape index (κ2) is 4.97. The lowest BCUT2D eigenvalue weighted by Crippen LogP contribution is -2.39. The largest absolute Gasteiger partial charge is 0.330 e. The van der Waals surface area contributed by atoms with Crippen molar-refractivity contribution in [1.82, 2.24) is 14.7 Å². The number of hydrogen-bond acceptors (Lipinski definition) is 3. The molecule has 2 unspecified atom stereocenters. The molecule has 0 aromatic carbocycles. The molecule has 2 atom stereocenters. The number of aromatic nitrogens is 2. The summed E-state index contributed by atoms with van der Waals surface area (Å²) in [5.74, 6) is 0.674. The quantitative estimate of drug-likeness (QED) is 0.834. The van der Waals surface area contributed by atoms with Crippen LogP contribution in [-0.4, -0.2) is 34.3 Å². The van der Waals surface area contributed by atoms with Crippen LogP contribution in [0.4, 0.5) is 0 Å². The van der Waals surface area contributed by atoms with Crippen molar-refractivity contribution in [2.24, 2.45) is 18.7 Å². The Balaban J connectivity index is 2.01. The summed E-state index contributed by atoms with van der Waals surface area (Å²) in [6, 6.07) is 0.461. The van der Waals surface area contributed by atoms with Crippen molar-refractivity contribution in [2.45, 2.75) is 25.8 Å². The summed E-state index contributed by atoms with van der Waals surface area (Å²) >= 11 is 0. The van der Waals surface area contributed by atoms with Crippen molar-refractivity contribution in [2.75, 3.05) is 19.6 Å². The number of likely N-dealkylation sites (tertiary alicyclic amines) is 1. The van der Waals surface area contributed by atoms with Gasteiger partial charge in [-0.25, -0.2) is 0 Å². The zero-order valence-electron chi connectivity index (χ0n) is 10.3. The van der Waals surface area contributed by atoms with Crippen LogP contribution in [0.25, 0.3) is 0 Å². The molecule has 1 aromatic heterocycles. The molecule has 0 spiro atoms. The van der Waals surface area contributed by atoms with E-state index in [-0.39, 0.29) is 0 Å². The molecule has 2 rings (SSSR count). The van der Waals surface area contributed by atoms with Gasteiger partial charge in [-0.15, -0.1) is 0 Å². The van der Waals surface area contributed by atoms with Gasteiger partial charge in [0.1, 0.15) is 0 Å². The Bertz CT molecular complexity index is 334. The second-order valence-electron chi connectivity index (χ2n) is 4.86. The number of rotatable bonds is 3. The Labute approximate surface area is 97.4 Å². The van der Waals surface area contributed by atoms with Gasteiger partial charge in [0.15, 0.2) is 0 Å². The zero-order valence-corrected chi connectivity index (χ0v) is 10.3. The van der Waals surface area contributed by atoms with Gasteiger partial charge in [0.05, 0.1) is 6.20 Å². The van der Waals surface area contributed by atoms with Crippen molar-refractivity contribution in [3.8, 4) is 0 Å². The molecule has 2 heterocycles. The van der Waals surface area contributed by atoms with Crippen LogP contribution in [0.1, 0.15) is 31.4 Å². The first-order valence-electron chi connectivity index (χ1n) is 6.13. The average Bonchev–Trinajstić information content (AvgIpc) is 2.75. The lowest BCUT2D eigenvalue weighted by Gasteiger charge is -2.36. The van der Waals surface area contributed by atoms with Crippen LogP contribution in [0, 0.1) is 5.92 Å². The van der Waals surface area contributed by atoms with Crippen LogP contribution in [0.3, 0.4) is 0 Å². The van der Waals surface area contributed by atoms with Gasteiger partial charge in [0.2, 0.25) is 0 Å². The van der Waals surface area contributed by atoms with Gasteiger partial charge in [-0.3, -0.25) is 9.58 Å². The van der Waals surface area contributed by atoms with Gasteiger partial charge in [0, 0.05) is 31.4 Å². The first-order valence-corrected chi connectivity index (χ1v) is 6.13. The molecule has 0 bridgehead atoms. The minimum Gasteiger partial charge on any atom is -0.330 e. The second-order valence-corrected chi connectivity index (χ2v) is 4.86. The van der Waals surface area contributed by atoms with E-state index in [2.05, 4.69) is 23.1 Å². The van der Waals surface area contributed by atoms with E-state index in [1.807, 2.05) is 17.9 Å². The Kier molecular flexibility index (Phi) is 3.61. The fourth-order valence-electron chi connectivity index (χ4n) is 2.51. The number of nitrogens with zero attached hydrogens (tertiary/aromatic N) is 3. The minimum absolute atomic E-state index is 0.461. The van der Waals surface area contributed by atoms with Crippen LogP contribution < -0.4 is 5.73 Å². The maximum Gasteiger partial charge on any atom is 0.0537 e. The third-order valence-corrected chi connectivity index (χ3v) is 3.64. The van der Waals surface area contributed by atoms with Crippen molar-refractivity contribution in [3.63, 3.8) is 0 Å². The molecule has 1 fully saturated rings.